The van der Waals surface area contributed by atoms with Gasteiger partial charge < -0.3 is 55.6 Å². The molecule has 0 aromatic carbocycles. The van der Waals surface area contributed by atoms with E-state index in [9.17, 15) is 56.7 Å². The number of piperidine rings is 2. The van der Waals surface area contributed by atoms with E-state index in [4.69, 9.17) is 4.74 Å². The number of ether oxygens (including phenoxy) is 1. The van der Waals surface area contributed by atoms with Crippen LogP contribution >= 0.6 is 0 Å². The Morgan fingerprint density at radius 2 is 1.19 bits per heavy atom. The van der Waals surface area contributed by atoms with Crippen molar-refractivity contribution in [3.63, 3.8) is 0 Å². The summed E-state index contributed by atoms with van der Waals surface area (Å²) < 4.78 is 28.7. The van der Waals surface area contributed by atoms with Crippen LogP contribution in [0.2, 0.25) is 0 Å². The number of pyridine rings is 2. The molecule has 4 fully saturated rings. The van der Waals surface area contributed by atoms with Crippen molar-refractivity contribution in [2.75, 3.05) is 111 Å². The summed E-state index contributed by atoms with van der Waals surface area (Å²) in [7, 11) is -3.14. The normalized spacial score (nSPS) is 15.6. The van der Waals surface area contributed by atoms with Crippen LogP contribution in [0.3, 0.4) is 0 Å². The number of amides is 9. The first kappa shape index (κ1) is 77.0. The van der Waals surface area contributed by atoms with E-state index in [0.717, 1.165) is 50.7 Å². The highest BCUT2D eigenvalue weighted by Gasteiger charge is 2.28. The highest BCUT2D eigenvalue weighted by molar-refractivity contribution is 7.88. The van der Waals surface area contributed by atoms with E-state index in [1.54, 1.807) is 51.5 Å². The minimum atomic E-state index is -3.14. The Morgan fingerprint density at radius 1 is 0.674 bits per heavy atom. The summed E-state index contributed by atoms with van der Waals surface area (Å²) in [6.07, 6.45) is 8.99. The molecule has 0 radical (unpaired) electrons. The molecule has 0 saturated carbocycles. The van der Waals surface area contributed by atoms with Crippen LogP contribution in [0.15, 0.2) is 42.9 Å². The predicted octanol–water partition coefficient (Wildman–Crippen LogP) is 2.62. The summed E-state index contributed by atoms with van der Waals surface area (Å²) in [6.45, 7) is 32.8. The van der Waals surface area contributed by atoms with E-state index in [-0.39, 0.29) is 89.6 Å². The molecule has 4 saturated heterocycles. The zero-order valence-corrected chi connectivity index (χ0v) is 54.3. The van der Waals surface area contributed by atoms with Gasteiger partial charge in [0, 0.05) is 161 Å². The number of likely N-dealkylation sites (N-methyl/N-ethyl adjacent to an activating group) is 1. The van der Waals surface area contributed by atoms with Gasteiger partial charge in [-0.25, -0.2) is 17.9 Å². The van der Waals surface area contributed by atoms with Crippen LogP contribution in [0.5, 0.6) is 5.75 Å². The van der Waals surface area contributed by atoms with Crippen molar-refractivity contribution < 1.29 is 61.4 Å². The predicted molar refractivity (Wildman–Crippen MR) is 329 cm³/mol. The SMILES string of the molecule is CC.CC(=O)N1CCN(C(=O)Cc2ccccn2)CC1.CC(=O)N1CCN(C(=O)c2cncc(O)c2)CC1.CC(=O)NC1CCN(C(=O)OC(C)(C)C)CC1.CC(C)C(=O)NCCNS(C)(=O)=O.CCNC(=O)CN1CCC(NC(=O)C(C)C)CC1. The summed E-state index contributed by atoms with van der Waals surface area (Å²) in [6, 6.07) is 7.41. The third-order valence-electron chi connectivity index (χ3n) is 13.2. The molecule has 6 rings (SSSR count). The number of sulfonamides is 1. The van der Waals surface area contributed by atoms with Crippen molar-refractivity contribution in [3.8, 4) is 5.75 Å². The fraction of sp³-hybridized carbons (Fsp3) is 0.678. The summed E-state index contributed by atoms with van der Waals surface area (Å²) in [5.74, 6) is 0.0848. The Balaban J connectivity index is 0.000000536. The molecule has 6 N–H and O–H groups in total. The van der Waals surface area contributed by atoms with Gasteiger partial charge in [0.2, 0.25) is 51.4 Å². The van der Waals surface area contributed by atoms with Gasteiger partial charge in [-0.1, -0.05) is 47.6 Å². The monoisotopic (exact) mass is 1230 g/mol. The van der Waals surface area contributed by atoms with Crippen molar-refractivity contribution in [1.82, 2.24) is 65.4 Å². The minimum Gasteiger partial charge on any atom is -0.506 e. The number of rotatable bonds is 14. The maximum absolute atomic E-state index is 12.1. The van der Waals surface area contributed by atoms with Crippen LogP contribution in [0, 0.1) is 11.8 Å². The van der Waals surface area contributed by atoms with Crippen LogP contribution in [0.1, 0.15) is 132 Å². The molecule has 0 unspecified atom stereocenters. The molecule has 0 atom stereocenters. The molecule has 4 aliphatic heterocycles. The zero-order valence-electron chi connectivity index (χ0n) is 53.5. The second-order valence-corrected chi connectivity index (χ2v) is 24.2. The molecule has 0 bridgehead atoms. The molecule has 2 aromatic heterocycles. The first-order chi connectivity index (χ1) is 40.4. The summed E-state index contributed by atoms with van der Waals surface area (Å²) in [5, 5.41) is 20.6. The number of likely N-dealkylation sites (tertiary alicyclic amines) is 2. The smallest absolute Gasteiger partial charge is 0.410 e. The van der Waals surface area contributed by atoms with Crippen molar-refractivity contribution in [2.45, 2.75) is 140 Å². The van der Waals surface area contributed by atoms with Gasteiger partial charge in [-0.2, -0.15) is 0 Å². The topological polar surface area (TPSA) is 323 Å². The van der Waals surface area contributed by atoms with Gasteiger partial charge in [0.25, 0.3) is 5.91 Å². The lowest BCUT2D eigenvalue weighted by Gasteiger charge is -2.34. The second-order valence-electron chi connectivity index (χ2n) is 22.3. The van der Waals surface area contributed by atoms with Crippen LogP contribution in [0.25, 0.3) is 0 Å². The number of aromatic hydroxyl groups is 1. The third kappa shape index (κ3) is 33.6. The molecule has 0 aliphatic carbocycles. The van der Waals surface area contributed by atoms with Gasteiger partial charge in [0.05, 0.1) is 31.0 Å². The van der Waals surface area contributed by atoms with E-state index < -0.39 is 15.6 Å². The minimum absolute atomic E-state index is 0.0132. The number of carbonyl (C=O) groups excluding carboxylic acids is 9. The van der Waals surface area contributed by atoms with Crippen LogP contribution < -0.4 is 26.0 Å². The van der Waals surface area contributed by atoms with Crippen LogP contribution in [-0.4, -0.2) is 235 Å². The number of piperazine rings is 2. The lowest BCUT2D eigenvalue weighted by Crippen LogP contribution is -2.50. The number of carbonyl (C=O) groups is 9. The lowest BCUT2D eigenvalue weighted by atomic mass is 10.0. The molecular formula is C59H101N13O13S. The molecule has 6 heterocycles. The van der Waals surface area contributed by atoms with E-state index in [1.807, 2.05) is 73.6 Å². The van der Waals surface area contributed by atoms with Crippen molar-refractivity contribution in [2.24, 2.45) is 11.8 Å². The molecule has 2 aromatic rings. The van der Waals surface area contributed by atoms with Gasteiger partial charge in [-0.3, -0.25) is 53.2 Å². The van der Waals surface area contributed by atoms with Gasteiger partial charge >= 0.3 is 6.09 Å². The second kappa shape index (κ2) is 40.4. The Labute approximate surface area is 510 Å². The highest BCUT2D eigenvalue weighted by Crippen LogP contribution is 2.17. The first-order valence-corrected chi connectivity index (χ1v) is 31.7. The quantitative estimate of drug-likeness (QED) is 0.148. The number of hydrogen-bond donors (Lipinski definition) is 6. The van der Waals surface area contributed by atoms with Gasteiger partial charge in [-0.05, 0) is 71.6 Å². The summed E-state index contributed by atoms with van der Waals surface area (Å²) in [4.78, 5) is 122. The van der Waals surface area contributed by atoms with Gasteiger partial charge in [-0.15, -0.1) is 0 Å². The summed E-state index contributed by atoms with van der Waals surface area (Å²) >= 11 is 0. The molecular weight excluding hydrogens is 1130 g/mol. The Bertz CT molecular complexity index is 2520. The van der Waals surface area contributed by atoms with Crippen LogP contribution in [-0.2, 0) is 54.7 Å². The van der Waals surface area contributed by atoms with Crippen molar-refractivity contribution >= 4 is 63.4 Å². The molecule has 27 heteroatoms. The van der Waals surface area contributed by atoms with Crippen molar-refractivity contribution in [3.05, 3.63) is 54.1 Å². The average Bonchev–Trinajstić information content (AvgIpc) is 3.65. The number of nitrogens with one attached hydrogen (secondary N) is 5. The zero-order chi connectivity index (χ0) is 65.2. The van der Waals surface area contributed by atoms with E-state index in [2.05, 4.69) is 40.9 Å². The number of aromatic nitrogens is 2. The van der Waals surface area contributed by atoms with E-state index in [0.29, 0.717) is 97.1 Å². The third-order valence-corrected chi connectivity index (χ3v) is 13.9. The van der Waals surface area contributed by atoms with Gasteiger partial charge in [0.15, 0.2) is 0 Å². The Kier molecular flexibility index (Phi) is 36.2. The first-order valence-electron chi connectivity index (χ1n) is 29.8. The van der Waals surface area contributed by atoms with E-state index in [1.165, 1.54) is 32.3 Å². The largest absolute Gasteiger partial charge is 0.506 e. The highest BCUT2D eigenvalue weighted by atomic mass is 32.2. The number of nitrogens with zero attached hydrogens (tertiary/aromatic N) is 8. The summed E-state index contributed by atoms with van der Waals surface area (Å²) in [5.41, 5.74) is 0.703. The standard InChI is InChI=1S/C13H17N3O2.C13H25N3O2.C12H15N3O3.C12H22N2O3.C7H16N2O3S.C2H6/c1-11(17)15-6-8-16(9-7-15)13(18)10-12-4-2-3-5-14-12;1-4-14-12(17)9-16-7-5-11(6-8-16)15-13(18)10(2)3;1-9(16)14-2-4-15(5-3-14)12(18)10-6-11(17)8-13-7-10;1-9(15)13-10-5-7-14(8-6-10)11(16)17-12(2,3)4;1-6(2)7(10)8-4-5-9-13(3,11)12;1-2/h2-5H,6-10H2,1H3;10-11H,4-9H2,1-3H3,(H,14,17)(H,15,18);6-8,17H,2-5H2,1H3;10H,5-8H2,1-4H3,(H,13,15);6,9H,4-5H2,1-3H3,(H,8,10);1-2H3. The maximum Gasteiger partial charge on any atom is 0.410 e. The fourth-order valence-electron chi connectivity index (χ4n) is 8.50. The molecule has 86 heavy (non-hydrogen) atoms. The van der Waals surface area contributed by atoms with Crippen LogP contribution in [0.4, 0.5) is 4.79 Å². The fourth-order valence-corrected chi connectivity index (χ4v) is 8.97. The Morgan fingerprint density at radius 3 is 1.64 bits per heavy atom. The van der Waals surface area contributed by atoms with E-state index >= 15 is 0 Å². The number of hydrogen-bond acceptors (Lipinski definition) is 16. The lowest BCUT2D eigenvalue weighted by molar-refractivity contribution is -0.138. The molecule has 0 spiro atoms. The Hall–Kier alpha value is -7.00. The molecule has 486 valence electrons. The van der Waals surface area contributed by atoms with Gasteiger partial charge in [0.1, 0.15) is 11.4 Å². The molecule has 26 nitrogen and oxygen atoms in total. The average molecular weight is 1230 g/mol. The maximum atomic E-state index is 12.1. The molecule has 9 amide bonds. The molecule has 4 aliphatic rings. The van der Waals surface area contributed by atoms with Crippen molar-refractivity contribution in [1.29, 1.82) is 0 Å².